The molecular formula is C22H34N4O3. The number of likely N-dealkylation sites (tertiary alicyclic amines) is 1. The summed E-state index contributed by atoms with van der Waals surface area (Å²) in [6, 6.07) is 6.27. The molecule has 2 aliphatic rings. The van der Waals surface area contributed by atoms with Crippen LogP contribution in [0, 0.1) is 12.8 Å². The minimum Gasteiger partial charge on any atom is -0.494 e. The molecular weight excluding hydrogens is 368 g/mol. The Bertz CT molecular complexity index is 708. The van der Waals surface area contributed by atoms with Gasteiger partial charge in [0.25, 0.3) is 0 Å². The van der Waals surface area contributed by atoms with Gasteiger partial charge in [0.2, 0.25) is 5.91 Å². The van der Waals surface area contributed by atoms with E-state index in [1.165, 1.54) is 5.56 Å². The summed E-state index contributed by atoms with van der Waals surface area (Å²) in [5, 5.41) is 3.46. The van der Waals surface area contributed by atoms with Crippen molar-refractivity contribution in [3.8, 4) is 5.75 Å². The molecule has 1 N–H and O–H groups in total. The molecule has 0 radical (unpaired) electrons. The average Bonchev–Trinajstić information content (AvgIpc) is 2.76. The number of rotatable bonds is 5. The fourth-order valence-electron chi connectivity index (χ4n) is 4.03. The molecule has 0 aliphatic carbocycles. The van der Waals surface area contributed by atoms with E-state index in [-0.39, 0.29) is 5.92 Å². The van der Waals surface area contributed by atoms with Crippen LogP contribution in [0.1, 0.15) is 30.9 Å². The number of carbonyl (C=O) groups excluding carboxylic acids is 1. The average molecular weight is 403 g/mol. The topological polar surface area (TPSA) is 66.4 Å². The monoisotopic (exact) mass is 402 g/mol. The molecule has 2 aliphatic heterocycles. The Labute approximate surface area is 174 Å². The summed E-state index contributed by atoms with van der Waals surface area (Å²) >= 11 is 0. The number of nitrogens with one attached hydrogen (secondary N) is 1. The molecule has 7 nitrogen and oxygen atoms in total. The minimum absolute atomic E-state index is 0.121. The minimum atomic E-state index is 0.121. The Hall–Kier alpha value is -2.28. The Balaban J connectivity index is 1.49. The molecule has 1 amide bonds. The number of aryl methyl sites for hydroxylation is 1. The second-order valence-electron chi connectivity index (χ2n) is 7.63. The highest BCUT2D eigenvalue weighted by Crippen LogP contribution is 2.21. The molecule has 29 heavy (non-hydrogen) atoms. The van der Waals surface area contributed by atoms with Gasteiger partial charge in [0.05, 0.1) is 19.8 Å². The number of nitrogens with zero attached hydrogens (tertiary/aromatic N) is 3. The Morgan fingerprint density at radius 3 is 2.55 bits per heavy atom. The van der Waals surface area contributed by atoms with Crippen LogP contribution in [0.3, 0.4) is 0 Å². The smallest absolute Gasteiger partial charge is 0.225 e. The third-order valence-corrected chi connectivity index (χ3v) is 5.67. The molecule has 2 heterocycles. The molecule has 0 atom stereocenters. The third kappa shape index (κ3) is 5.63. The lowest BCUT2D eigenvalue weighted by atomic mass is 9.95. The Kier molecular flexibility index (Phi) is 7.75. The van der Waals surface area contributed by atoms with Crippen molar-refractivity contribution in [2.75, 3.05) is 53.0 Å². The maximum atomic E-state index is 12.7. The van der Waals surface area contributed by atoms with Crippen molar-refractivity contribution in [1.82, 2.24) is 15.1 Å². The lowest BCUT2D eigenvalue weighted by Crippen LogP contribution is -2.49. The number of piperidine rings is 1. The molecule has 2 saturated heterocycles. The van der Waals surface area contributed by atoms with E-state index < -0.39 is 0 Å². The molecule has 0 bridgehead atoms. The number of amides is 1. The van der Waals surface area contributed by atoms with Gasteiger partial charge in [-0.05, 0) is 43.9 Å². The van der Waals surface area contributed by atoms with Crippen LogP contribution in [0.5, 0.6) is 5.75 Å². The first-order valence-electron chi connectivity index (χ1n) is 10.7. The lowest BCUT2D eigenvalue weighted by Gasteiger charge is -2.36. The van der Waals surface area contributed by atoms with Gasteiger partial charge < -0.3 is 24.6 Å². The van der Waals surface area contributed by atoms with Gasteiger partial charge in [-0.2, -0.15) is 0 Å². The van der Waals surface area contributed by atoms with Crippen molar-refractivity contribution in [1.29, 1.82) is 0 Å². The highest BCUT2D eigenvalue weighted by Gasteiger charge is 2.30. The number of morpholine rings is 1. The van der Waals surface area contributed by atoms with E-state index in [1.54, 1.807) is 0 Å². The normalized spacial score (nSPS) is 18.7. The van der Waals surface area contributed by atoms with Gasteiger partial charge in [-0.1, -0.05) is 12.1 Å². The number of ether oxygens (including phenoxy) is 2. The van der Waals surface area contributed by atoms with Crippen LogP contribution in [0.2, 0.25) is 0 Å². The van der Waals surface area contributed by atoms with E-state index in [4.69, 9.17) is 9.47 Å². The first-order valence-corrected chi connectivity index (χ1v) is 10.7. The van der Waals surface area contributed by atoms with E-state index in [2.05, 4.69) is 34.3 Å². The summed E-state index contributed by atoms with van der Waals surface area (Å²) in [5.74, 6) is 2.25. The van der Waals surface area contributed by atoms with Crippen molar-refractivity contribution in [3.63, 3.8) is 0 Å². The van der Waals surface area contributed by atoms with Crippen LogP contribution < -0.4 is 10.1 Å². The fourth-order valence-corrected chi connectivity index (χ4v) is 4.03. The fraction of sp³-hybridized carbons (Fsp3) is 0.636. The standard InChI is InChI=1S/C22H34N4O3/c1-4-29-20-6-5-18(15-17(20)2)16-24-22(23-3)26-9-7-19(8-10-26)21(27)25-11-13-28-14-12-25/h5-6,15,19H,4,7-14,16H2,1-3H3,(H,23,24). The SMILES string of the molecule is CCOc1ccc(CNC(=NC)N2CCC(C(=O)N3CCOCC3)CC2)cc1C. The molecule has 1 aromatic carbocycles. The second-order valence-corrected chi connectivity index (χ2v) is 7.63. The number of hydrogen-bond donors (Lipinski definition) is 1. The van der Waals surface area contributed by atoms with Crippen LogP contribution in [0.15, 0.2) is 23.2 Å². The van der Waals surface area contributed by atoms with Crippen molar-refractivity contribution < 1.29 is 14.3 Å². The van der Waals surface area contributed by atoms with Crippen LogP contribution in [0.4, 0.5) is 0 Å². The molecule has 0 unspecified atom stereocenters. The second kappa shape index (κ2) is 10.5. The zero-order valence-corrected chi connectivity index (χ0v) is 17.9. The molecule has 2 fully saturated rings. The number of benzene rings is 1. The van der Waals surface area contributed by atoms with E-state index in [9.17, 15) is 4.79 Å². The van der Waals surface area contributed by atoms with Crippen molar-refractivity contribution in [2.24, 2.45) is 10.9 Å². The van der Waals surface area contributed by atoms with Crippen LogP contribution in [-0.4, -0.2) is 74.7 Å². The Morgan fingerprint density at radius 1 is 1.21 bits per heavy atom. The van der Waals surface area contributed by atoms with Gasteiger partial charge in [0, 0.05) is 45.7 Å². The maximum Gasteiger partial charge on any atom is 0.225 e. The number of guanidine groups is 1. The Morgan fingerprint density at radius 2 is 1.93 bits per heavy atom. The van der Waals surface area contributed by atoms with Crippen LogP contribution in [-0.2, 0) is 16.1 Å². The zero-order valence-electron chi connectivity index (χ0n) is 17.9. The van der Waals surface area contributed by atoms with Gasteiger partial charge >= 0.3 is 0 Å². The lowest BCUT2D eigenvalue weighted by molar-refractivity contribution is -0.140. The maximum absolute atomic E-state index is 12.7. The van der Waals surface area contributed by atoms with Crippen molar-refractivity contribution in [2.45, 2.75) is 33.2 Å². The van der Waals surface area contributed by atoms with Crippen molar-refractivity contribution in [3.05, 3.63) is 29.3 Å². The summed E-state index contributed by atoms with van der Waals surface area (Å²) in [6.45, 7) is 9.93. The van der Waals surface area contributed by atoms with Gasteiger partial charge in [-0.3, -0.25) is 9.79 Å². The van der Waals surface area contributed by atoms with Gasteiger partial charge in [0.1, 0.15) is 5.75 Å². The van der Waals surface area contributed by atoms with E-state index in [0.717, 1.165) is 56.3 Å². The third-order valence-electron chi connectivity index (χ3n) is 5.67. The molecule has 160 valence electrons. The first-order chi connectivity index (χ1) is 14.1. The van der Waals surface area contributed by atoms with Crippen molar-refractivity contribution >= 4 is 11.9 Å². The van der Waals surface area contributed by atoms with Gasteiger partial charge in [-0.15, -0.1) is 0 Å². The highest BCUT2D eigenvalue weighted by atomic mass is 16.5. The summed E-state index contributed by atoms with van der Waals surface area (Å²) < 4.78 is 11.0. The summed E-state index contributed by atoms with van der Waals surface area (Å²) in [6.07, 6.45) is 1.75. The predicted molar refractivity (Wildman–Crippen MR) is 114 cm³/mol. The zero-order chi connectivity index (χ0) is 20.6. The number of carbonyl (C=O) groups is 1. The predicted octanol–water partition coefficient (Wildman–Crippen LogP) is 2.04. The summed E-state index contributed by atoms with van der Waals surface area (Å²) in [7, 11) is 1.82. The number of hydrogen-bond acceptors (Lipinski definition) is 4. The molecule has 1 aromatic rings. The van der Waals surface area contributed by atoms with E-state index in [0.29, 0.717) is 32.3 Å². The van der Waals surface area contributed by atoms with Crippen LogP contribution in [0.25, 0.3) is 0 Å². The molecule has 0 spiro atoms. The molecule has 3 rings (SSSR count). The molecule has 0 saturated carbocycles. The first kappa shape index (κ1) is 21.4. The molecule has 7 heteroatoms. The quantitative estimate of drug-likeness (QED) is 0.603. The van der Waals surface area contributed by atoms with E-state index >= 15 is 0 Å². The summed E-state index contributed by atoms with van der Waals surface area (Å²) in [4.78, 5) is 21.4. The number of aliphatic imine (C=N–C) groups is 1. The van der Waals surface area contributed by atoms with Crippen LogP contribution >= 0.6 is 0 Å². The molecule has 0 aromatic heterocycles. The van der Waals surface area contributed by atoms with Gasteiger partial charge in [0.15, 0.2) is 5.96 Å². The highest BCUT2D eigenvalue weighted by molar-refractivity contribution is 5.81. The summed E-state index contributed by atoms with van der Waals surface area (Å²) in [5.41, 5.74) is 2.34. The van der Waals surface area contributed by atoms with Gasteiger partial charge in [-0.25, -0.2) is 0 Å². The largest absolute Gasteiger partial charge is 0.494 e. The van der Waals surface area contributed by atoms with E-state index in [1.807, 2.05) is 24.9 Å².